The summed E-state index contributed by atoms with van der Waals surface area (Å²) >= 11 is 13.4. The Balaban J connectivity index is 1.37. The number of nitrogens with one attached hydrogen (secondary N) is 7. The summed E-state index contributed by atoms with van der Waals surface area (Å²) in [6, 6.07) is -0.381. The van der Waals surface area contributed by atoms with E-state index < -0.39 is 166 Å². The van der Waals surface area contributed by atoms with Crippen molar-refractivity contribution in [2.24, 2.45) is 5.73 Å². The molecule has 5 heterocycles. The summed E-state index contributed by atoms with van der Waals surface area (Å²) in [7, 11) is 1.31. The van der Waals surface area contributed by atoms with Gasteiger partial charge in [-0.15, -0.1) is 0 Å². The van der Waals surface area contributed by atoms with Crippen molar-refractivity contribution in [2.75, 3.05) is 13.7 Å². The van der Waals surface area contributed by atoms with Gasteiger partial charge in [-0.25, -0.2) is 4.79 Å². The van der Waals surface area contributed by atoms with E-state index in [1.165, 1.54) is 25.2 Å². The fraction of sp³-hybridized carbons (Fsp3) is 0.240. The van der Waals surface area contributed by atoms with E-state index in [1.807, 2.05) is 0 Å². The van der Waals surface area contributed by atoms with E-state index in [2.05, 4.69) is 37.2 Å². The van der Waals surface area contributed by atoms with Gasteiger partial charge in [-0.05, 0) is 83.9 Å². The van der Waals surface area contributed by atoms with Crippen molar-refractivity contribution in [2.45, 2.75) is 60.9 Å². The molecule has 408 valence electrons. The summed E-state index contributed by atoms with van der Waals surface area (Å²) in [5.74, 6) is -15.5. The Labute approximate surface area is 449 Å². The number of phenols is 4. The van der Waals surface area contributed by atoms with Crippen molar-refractivity contribution < 1.29 is 88.7 Å². The lowest BCUT2D eigenvalue weighted by molar-refractivity contribution is -0.143. The number of amides is 7. The predicted molar refractivity (Wildman–Crippen MR) is 268 cm³/mol. The first-order valence-electron chi connectivity index (χ1n) is 23.2. The quantitative estimate of drug-likeness (QED) is 0.104. The van der Waals surface area contributed by atoms with Gasteiger partial charge in [0.15, 0.2) is 17.5 Å². The highest BCUT2D eigenvalue weighted by atomic mass is 35.5. The molecule has 28 heteroatoms. The van der Waals surface area contributed by atoms with Gasteiger partial charge in [0.1, 0.15) is 77.2 Å². The van der Waals surface area contributed by atoms with Gasteiger partial charge in [-0.1, -0.05) is 41.4 Å². The number of benzene rings is 5. The van der Waals surface area contributed by atoms with E-state index >= 15 is 4.79 Å². The number of aliphatic carboxylic acids is 1. The number of nitrogens with two attached hydrogens (primary N) is 1. The Morgan fingerprint density at radius 2 is 1.23 bits per heavy atom. The molecule has 0 saturated carbocycles. The van der Waals surface area contributed by atoms with Gasteiger partial charge in [0.05, 0.1) is 23.1 Å². The maximum absolute atomic E-state index is 15.3. The second-order valence-electron chi connectivity index (χ2n) is 17.9. The minimum absolute atomic E-state index is 0.135. The predicted octanol–water partition coefficient (Wildman–Crippen LogP) is 0.342. The summed E-state index contributed by atoms with van der Waals surface area (Å²) in [6.07, 6.45) is -5.16. The minimum atomic E-state index is -2.20. The van der Waals surface area contributed by atoms with E-state index in [4.69, 9.17) is 38.4 Å². The smallest absolute Gasteiger partial charge is 0.330 e. The van der Waals surface area contributed by atoms with Crippen molar-refractivity contribution in [1.29, 1.82) is 0 Å². The number of fused-ring (bicyclic) bond motifs is 15. The molecule has 0 spiro atoms. The van der Waals surface area contributed by atoms with Crippen molar-refractivity contribution in [1.82, 2.24) is 37.2 Å². The molecule has 7 amide bonds. The average molecular weight is 1120 g/mol. The first-order valence-corrected chi connectivity index (χ1v) is 23.9. The highest BCUT2D eigenvalue weighted by molar-refractivity contribution is 6.32. The topological polar surface area (TPSA) is 427 Å². The number of halogens is 2. The van der Waals surface area contributed by atoms with Gasteiger partial charge in [0.25, 0.3) is 0 Å². The number of phenolic OH excluding ortho intramolecular Hbond substituents is 4. The second kappa shape index (κ2) is 22.3. The van der Waals surface area contributed by atoms with Gasteiger partial charge in [0, 0.05) is 22.8 Å². The zero-order chi connectivity index (χ0) is 56.6. The van der Waals surface area contributed by atoms with Gasteiger partial charge in [-0.2, -0.15) is 0 Å². The molecular formula is C50H46Cl2N8O18. The van der Waals surface area contributed by atoms with Crippen molar-refractivity contribution in [3.63, 3.8) is 0 Å². The van der Waals surface area contributed by atoms with Crippen LogP contribution in [-0.4, -0.2) is 126 Å². The normalized spacial score (nSPS) is 22.6. The SMILES string of the molecule is CN[C@H](CO)C(=O)N[C@H]1C(=O)N[C@@H](CC(N)=O)C(=O)N[C@H]2C(=O)N[C@H]3C(=O)N[C@H](C(=O)N[C@H](C(=O)O)c4cc(O)cc(O)c4-c4cc3ccc4O)[C@H](O)c3ccc(c(Cl)c3)Oc3cc2cc(c3O)Oc2ccc(cc2Cl)[C@H]1O. The number of hydrogen-bond donors (Lipinski definition) is 16. The number of aliphatic hydroxyl groups is 3. The number of aromatic hydroxyl groups is 4. The van der Waals surface area contributed by atoms with Crippen LogP contribution in [0.15, 0.2) is 78.9 Å². The third kappa shape index (κ3) is 11.1. The lowest BCUT2D eigenvalue weighted by atomic mass is 9.89. The molecule has 5 aromatic carbocycles. The standard InChI is InChI=1S/C50H46Cl2N8O18/c1-54-27(16-61)45(70)59-39-41(66)18-3-6-30(24(51)9-18)77-32-11-20-12-33(43(32)68)78-31-7-4-19(10-25(31)52)42(67)40-49(74)58-38(50(75)76)23-13-21(62)14-29(64)35(23)22-8-17(2-5-28(22)63)36(46(71)60-40)57-47(72)37(20)56-44(69)26(15-34(53)65)55-48(39)73/h2-14,26-27,36-42,54,61-64,66-68H,15-16H2,1H3,(H2,53,65)(H,55,73)(H,56,69)(H,57,72)(H,58,74)(H,59,70)(H,60,71)(H,75,76)/t26-,27+,36+,37+,38-,39+,40-,41+,42+/m0/s1. The molecule has 5 aliphatic heterocycles. The van der Waals surface area contributed by atoms with E-state index in [-0.39, 0.29) is 43.8 Å². The number of carboxylic acids is 1. The van der Waals surface area contributed by atoms with Crippen LogP contribution in [0.3, 0.4) is 0 Å². The van der Waals surface area contributed by atoms with Crippen LogP contribution in [0.5, 0.6) is 46.0 Å². The van der Waals surface area contributed by atoms with Crippen LogP contribution in [0.1, 0.15) is 64.6 Å². The molecule has 0 fully saturated rings. The monoisotopic (exact) mass is 1120 g/mol. The molecule has 0 unspecified atom stereocenters. The first kappa shape index (κ1) is 55.3. The van der Waals surface area contributed by atoms with Crippen LogP contribution >= 0.6 is 23.2 Å². The third-order valence-corrected chi connectivity index (χ3v) is 13.4. The molecular weight excluding hydrogens is 1070 g/mol. The van der Waals surface area contributed by atoms with Crippen LogP contribution < -0.4 is 52.4 Å². The van der Waals surface area contributed by atoms with E-state index in [1.54, 1.807) is 0 Å². The summed E-state index contributed by atoms with van der Waals surface area (Å²) in [5.41, 5.74) is 3.10. The highest BCUT2D eigenvalue weighted by Gasteiger charge is 2.41. The zero-order valence-electron chi connectivity index (χ0n) is 40.1. The molecule has 0 saturated heterocycles. The molecule has 11 bridgehead atoms. The van der Waals surface area contributed by atoms with Crippen LogP contribution in [0.4, 0.5) is 0 Å². The number of aliphatic hydroxyl groups excluding tert-OH is 3. The summed E-state index contributed by atoms with van der Waals surface area (Å²) in [6.45, 7) is -0.787. The number of hydrogen-bond acceptors (Lipinski definition) is 18. The molecule has 5 aromatic rings. The van der Waals surface area contributed by atoms with Gasteiger partial charge in [-0.3, -0.25) is 33.6 Å². The lowest BCUT2D eigenvalue weighted by Crippen LogP contribution is -2.59. The average Bonchev–Trinajstić information content (AvgIpc) is 3.42. The molecule has 26 nitrogen and oxygen atoms in total. The van der Waals surface area contributed by atoms with Gasteiger partial charge < -0.3 is 93.3 Å². The number of ether oxygens (including phenoxy) is 2. The van der Waals surface area contributed by atoms with Gasteiger partial charge >= 0.3 is 5.97 Å². The molecule has 9 atom stereocenters. The first-order chi connectivity index (χ1) is 37.0. The van der Waals surface area contributed by atoms with Gasteiger partial charge in [0.2, 0.25) is 47.1 Å². The molecule has 0 radical (unpaired) electrons. The number of carboxylic acid groups (broad SMARTS) is 1. The largest absolute Gasteiger partial charge is 0.508 e. The van der Waals surface area contributed by atoms with E-state index in [0.717, 1.165) is 60.7 Å². The zero-order valence-corrected chi connectivity index (χ0v) is 41.6. The second-order valence-corrected chi connectivity index (χ2v) is 18.8. The maximum Gasteiger partial charge on any atom is 0.330 e. The molecule has 5 aliphatic rings. The van der Waals surface area contributed by atoms with Crippen LogP contribution in [-0.2, 0) is 38.4 Å². The Hall–Kier alpha value is -8.92. The Morgan fingerprint density at radius 1 is 0.654 bits per heavy atom. The summed E-state index contributed by atoms with van der Waals surface area (Å²) in [4.78, 5) is 112. The van der Waals surface area contributed by atoms with Crippen molar-refractivity contribution in [3.8, 4) is 57.1 Å². The minimum Gasteiger partial charge on any atom is -0.508 e. The van der Waals surface area contributed by atoms with E-state index in [9.17, 15) is 74.4 Å². The Bertz CT molecular complexity index is 3320. The van der Waals surface area contributed by atoms with Crippen LogP contribution in [0, 0.1) is 0 Å². The Kier molecular flexibility index (Phi) is 15.8. The number of likely N-dealkylation sites (N-methyl/N-ethyl adjacent to an activating group) is 1. The Morgan fingerprint density at radius 3 is 1.81 bits per heavy atom. The third-order valence-electron chi connectivity index (χ3n) is 12.8. The molecule has 0 aromatic heterocycles. The van der Waals surface area contributed by atoms with Crippen molar-refractivity contribution >= 4 is 70.5 Å². The molecule has 0 aliphatic carbocycles. The molecule has 17 N–H and O–H groups in total. The number of carbonyl (C=O) groups excluding carboxylic acids is 7. The number of carbonyl (C=O) groups is 8. The summed E-state index contributed by atoms with van der Waals surface area (Å²) in [5, 5.41) is 105. The highest BCUT2D eigenvalue weighted by Crippen LogP contribution is 2.47. The molecule has 78 heavy (non-hydrogen) atoms. The number of primary amides is 1. The fourth-order valence-electron chi connectivity index (χ4n) is 8.82. The fourth-order valence-corrected chi connectivity index (χ4v) is 9.27. The van der Waals surface area contributed by atoms with Crippen molar-refractivity contribution in [3.05, 3.63) is 117 Å². The lowest BCUT2D eigenvalue weighted by Gasteiger charge is -2.31. The maximum atomic E-state index is 15.3. The van der Waals surface area contributed by atoms with E-state index in [0.29, 0.717) is 0 Å². The van der Waals surface area contributed by atoms with Crippen LogP contribution in [0.2, 0.25) is 10.0 Å². The molecule has 10 rings (SSSR count). The summed E-state index contributed by atoms with van der Waals surface area (Å²) < 4.78 is 12.2. The number of rotatable bonds is 7. The van der Waals surface area contributed by atoms with Crippen LogP contribution in [0.25, 0.3) is 11.1 Å².